The molecule has 1 atom stereocenters. The van der Waals surface area contributed by atoms with Crippen LogP contribution in [-0.4, -0.2) is 25.7 Å². The minimum atomic E-state index is -0.303. The third kappa shape index (κ3) is 6.16. The summed E-state index contributed by atoms with van der Waals surface area (Å²) in [5.41, 5.74) is 2.68. The largest absolute Gasteiger partial charge is 0.382 e. The molecule has 2 rings (SSSR count). The van der Waals surface area contributed by atoms with E-state index >= 15 is 0 Å². The van der Waals surface area contributed by atoms with E-state index in [1.54, 1.807) is 6.07 Å². The Morgan fingerprint density at radius 3 is 2.68 bits per heavy atom. The van der Waals surface area contributed by atoms with Crippen molar-refractivity contribution in [3.63, 3.8) is 0 Å². The molecule has 0 radical (unpaired) electrons. The fourth-order valence-electron chi connectivity index (χ4n) is 2.56. The zero-order valence-corrected chi connectivity index (χ0v) is 15.6. The molecule has 0 aliphatic heterocycles. The highest BCUT2D eigenvalue weighted by Gasteiger charge is 2.23. The summed E-state index contributed by atoms with van der Waals surface area (Å²) in [5.74, 6) is -0.0532. The number of halogens is 1. The Kier molecular flexibility index (Phi) is 7.92. The van der Waals surface area contributed by atoms with Gasteiger partial charge >= 0.3 is 0 Å². The molecule has 5 heteroatoms. The van der Waals surface area contributed by atoms with Crippen LogP contribution in [0.2, 0.25) is 5.02 Å². The molecule has 0 aliphatic carbocycles. The molecule has 0 saturated heterocycles. The normalized spacial score (nSPS) is 12.0. The van der Waals surface area contributed by atoms with E-state index in [2.05, 4.69) is 10.6 Å². The van der Waals surface area contributed by atoms with E-state index in [1.807, 2.05) is 56.3 Å². The van der Waals surface area contributed by atoms with Gasteiger partial charge in [-0.15, -0.1) is 0 Å². The maximum atomic E-state index is 12.8. The number of nitrogens with two attached hydrogens (primary N) is 1. The van der Waals surface area contributed by atoms with Gasteiger partial charge in [0.2, 0.25) is 0 Å². The number of hydrogen-bond acceptors (Lipinski definition) is 2. The maximum absolute atomic E-state index is 12.8. The van der Waals surface area contributed by atoms with Crippen molar-refractivity contribution in [2.45, 2.75) is 26.3 Å². The van der Waals surface area contributed by atoms with E-state index in [1.165, 1.54) is 0 Å². The molecule has 3 N–H and O–H groups in total. The predicted octanol–water partition coefficient (Wildman–Crippen LogP) is 3.32. The van der Waals surface area contributed by atoms with Gasteiger partial charge in [-0.3, -0.25) is 4.79 Å². The number of ether oxygens (including phenoxy) is 1. The van der Waals surface area contributed by atoms with Crippen LogP contribution >= 0.6 is 11.6 Å². The van der Waals surface area contributed by atoms with Gasteiger partial charge in [0.05, 0.1) is 13.2 Å². The minimum absolute atomic E-state index is 0.0532. The molecule has 0 heterocycles. The van der Waals surface area contributed by atoms with Gasteiger partial charge in [0, 0.05) is 29.3 Å². The van der Waals surface area contributed by atoms with Gasteiger partial charge in [0.25, 0.3) is 5.91 Å². The number of nitrogens with one attached hydrogen (secondary N) is 1. The summed E-state index contributed by atoms with van der Waals surface area (Å²) in [6, 6.07) is 15.1. The highest BCUT2D eigenvalue weighted by molar-refractivity contribution is 6.31. The number of anilines is 1. The fourth-order valence-corrected chi connectivity index (χ4v) is 2.74. The van der Waals surface area contributed by atoms with E-state index in [9.17, 15) is 4.79 Å². The van der Waals surface area contributed by atoms with Crippen molar-refractivity contribution in [3.8, 4) is 0 Å². The van der Waals surface area contributed by atoms with Crippen LogP contribution in [0.5, 0.6) is 0 Å². The van der Waals surface area contributed by atoms with Gasteiger partial charge in [-0.05, 0) is 31.5 Å². The summed E-state index contributed by atoms with van der Waals surface area (Å²) >= 11 is 6.15. The first-order valence-corrected chi connectivity index (χ1v) is 9.02. The van der Waals surface area contributed by atoms with E-state index in [4.69, 9.17) is 16.3 Å². The summed E-state index contributed by atoms with van der Waals surface area (Å²) < 4.78 is 5.37. The van der Waals surface area contributed by atoms with Crippen molar-refractivity contribution >= 4 is 23.2 Å². The third-order valence-corrected chi connectivity index (χ3v) is 4.39. The Bertz CT molecular complexity index is 677. The highest BCUT2D eigenvalue weighted by atomic mass is 35.5. The molecule has 0 aromatic heterocycles. The van der Waals surface area contributed by atoms with Crippen LogP contribution in [0.25, 0.3) is 0 Å². The molecule has 2 aromatic rings. The molecule has 0 saturated carbocycles. The van der Waals surface area contributed by atoms with Crippen LogP contribution in [0.1, 0.15) is 30.5 Å². The summed E-state index contributed by atoms with van der Waals surface area (Å²) in [6.45, 7) is 6.17. The molecule has 25 heavy (non-hydrogen) atoms. The number of rotatable bonds is 9. The summed E-state index contributed by atoms with van der Waals surface area (Å²) in [4.78, 5) is 12.8. The first-order chi connectivity index (χ1) is 12.1. The second kappa shape index (κ2) is 10.2. The van der Waals surface area contributed by atoms with Crippen molar-refractivity contribution in [1.82, 2.24) is 0 Å². The van der Waals surface area contributed by atoms with Crippen LogP contribution in [0, 0.1) is 6.92 Å². The Morgan fingerprint density at radius 1 is 1.24 bits per heavy atom. The van der Waals surface area contributed by atoms with Crippen LogP contribution < -0.4 is 10.6 Å². The van der Waals surface area contributed by atoms with Crippen molar-refractivity contribution in [2.75, 3.05) is 25.1 Å². The van der Waals surface area contributed by atoms with Crippen molar-refractivity contribution in [3.05, 3.63) is 64.7 Å². The van der Waals surface area contributed by atoms with Gasteiger partial charge in [-0.25, -0.2) is 0 Å². The Hall–Kier alpha value is -1.88. The molecule has 4 nitrogen and oxygen atoms in total. The molecule has 0 unspecified atom stereocenters. The van der Waals surface area contributed by atoms with Crippen LogP contribution in [-0.2, 0) is 9.53 Å². The van der Waals surface area contributed by atoms with Gasteiger partial charge in [0.15, 0.2) is 6.04 Å². The molecule has 2 aromatic carbocycles. The van der Waals surface area contributed by atoms with E-state index in [-0.39, 0.29) is 11.9 Å². The summed E-state index contributed by atoms with van der Waals surface area (Å²) in [7, 11) is 0. The van der Waals surface area contributed by atoms with Crippen LogP contribution in [0.4, 0.5) is 5.69 Å². The lowest BCUT2D eigenvalue weighted by atomic mass is 10.1. The summed E-state index contributed by atoms with van der Waals surface area (Å²) in [5, 5.41) is 5.68. The maximum Gasteiger partial charge on any atom is 0.287 e. The fraction of sp³-hybridized carbons (Fsp3) is 0.350. The Morgan fingerprint density at radius 2 is 2.00 bits per heavy atom. The molecule has 0 bridgehead atoms. The monoisotopic (exact) mass is 361 g/mol. The lowest BCUT2D eigenvalue weighted by molar-refractivity contribution is -0.682. The topological polar surface area (TPSA) is 54.9 Å². The SMILES string of the molecule is CCOCCC[NH2+][C@@H](C(=O)Nc1ccc(C)c(Cl)c1)c1ccccc1. The first-order valence-electron chi connectivity index (χ1n) is 8.65. The second-order valence-electron chi connectivity index (χ2n) is 5.92. The van der Waals surface area contributed by atoms with Gasteiger partial charge in [-0.2, -0.15) is 0 Å². The minimum Gasteiger partial charge on any atom is -0.382 e. The predicted molar refractivity (Wildman–Crippen MR) is 102 cm³/mol. The zero-order valence-electron chi connectivity index (χ0n) is 14.8. The third-order valence-electron chi connectivity index (χ3n) is 3.98. The lowest BCUT2D eigenvalue weighted by Gasteiger charge is -2.16. The zero-order chi connectivity index (χ0) is 18.1. The number of benzene rings is 2. The number of hydrogen-bond donors (Lipinski definition) is 2. The average Bonchev–Trinajstić information content (AvgIpc) is 2.62. The van der Waals surface area contributed by atoms with E-state index in [0.29, 0.717) is 17.3 Å². The molecular formula is C20H26ClN2O2+. The summed E-state index contributed by atoms with van der Waals surface area (Å²) in [6.07, 6.45) is 0.904. The number of amides is 1. The first kappa shape index (κ1) is 19.4. The quantitative estimate of drug-likeness (QED) is 0.673. The average molecular weight is 362 g/mol. The molecule has 0 spiro atoms. The van der Waals surface area contributed by atoms with Crippen LogP contribution in [0.15, 0.2) is 48.5 Å². The molecule has 1 amide bonds. The smallest absolute Gasteiger partial charge is 0.287 e. The van der Waals surface area contributed by atoms with Crippen molar-refractivity contribution < 1.29 is 14.8 Å². The standard InChI is InChI=1S/C20H25ClN2O2/c1-3-25-13-7-12-22-19(16-8-5-4-6-9-16)20(24)23-17-11-10-15(2)18(21)14-17/h4-6,8-11,14,19,22H,3,7,12-13H2,1-2H3,(H,23,24)/p+1/t19-/m1/s1. The Balaban J connectivity index is 2.05. The number of carbonyl (C=O) groups is 1. The second-order valence-corrected chi connectivity index (χ2v) is 6.32. The lowest BCUT2D eigenvalue weighted by Crippen LogP contribution is -2.87. The molecule has 0 fully saturated rings. The van der Waals surface area contributed by atoms with Crippen molar-refractivity contribution in [1.29, 1.82) is 0 Å². The van der Waals surface area contributed by atoms with Crippen LogP contribution in [0.3, 0.4) is 0 Å². The Labute approximate surface area is 154 Å². The number of aryl methyl sites for hydroxylation is 1. The number of quaternary nitrogens is 1. The van der Waals surface area contributed by atoms with Gasteiger partial charge < -0.3 is 15.4 Å². The molecular weight excluding hydrogens is 336 g/mol. The molecule has 134 valence electrons. The van der Waals surface area contributed by atoms with Gasteiger partial charge in [0.1, 0.15) is 0 Å². The molecule has 0 aliphatic rings. The van der Waals surface area contributed by atoms with E-state index in [0.717, 1.165) is 30.7 Å². The number of carbonyl (C=O) groups excluding carboxylic acids is 1. The van der Waals surface area contributed by atoms with Gasteiger partial charge in [-0.1, -0.05) is 48.0 Å². The van der Waals surface area contributed by atoms with Crippen molar-refractivity contribution in [2.24, 2.45) is 0 Å². The van der Waals surface area contributed by atoms with E-state index < -0.39 is 0 Å². The highest BCUT2D eigenvalue weighted by Crippen LogP contribution is 2.21.